The first-order valence-corrected chi connectivity index (χ1v) is 11.3. The molecular weight excluding hydrogens is 407 g/mol. The van der Waals surface area contributed by atoms with Gasteiger partial charge in [-0.15, -0.1) is 0 Å². The molecule has 1 aliphatic carbocycles. The van der Waals surface area contributed by atoms with Gasteiger partial charge in [0.1, 0.15) is 5.82 Å². The largest absolute Gasteiger partial charge is 0.378 e. The van der Waals surface area contributed by atoms with Crippen LogP contribution in [0.5, 0.6) is 0 Å². The van der Waals surface area contributed by atoms with Crippen molar-refractivity contribution in [3.05, 3.63) is 65.3 Å². The average molecular weight is 435 g/mol. The summed E-state index contributed by atoms with van der Waals surface area (Å²) in [4.78, 5) is 27.0. The van der Waals surface area contributed by atoms with Crippen LogP contribution in [0.25, 0.3) is 11.3 Å². The molecule has 1 saturated heterocycles. The lowest BCUT2D eigenvalue weighted by Gasteiger charge is -2.38. The third-order valence-corrected chi connectivity index (χ3v) is 6.46. The molecule has 0 bridgehead atoms. The van der Waals surface area contributed by atoms with Crippen molar-refractivity contribution in [2.75, 3.05) is 31.2 Å². The normalized spacial score (nSPS) is 21.0. The lowest BCUT2D eigenvalue weighted by atomic mass is 9.90. The summed E-state index contributed by atoms with van der Waals surface area (Å²) in [6.45, 7) is 4.57. The molecule has 3 aliphatic rings. The van der Waals surface area contributed by atoms with Gasteiger partial charge < -0.3 is 14.5 Å². The van der Waals surface area contributed by atoms with E-state index in [2.05, 4.69) is 24.1 Å². The predicted octanol–water partition coefficient (Wildman–Crippen LogP) is 4.35. The summed E-state index contributed by atoms with van der Waals surface area (Å²) in [5.41, 5.74) is 3.27. The van der Waals surface area contributed by atoms with E-state index in [1.165, 1.54) is 11.6 Å². The minimum Gasteiger partial charge on any atom is -0.378 e. The zero-order chi connectivity index (χ0) is 22.1. The standard InChI is InChI=1S/C25H27FN4O2/c1-17-10-11-18-6-2-5-9-22(18)30(17)24(31)20-16-27-25(29-12-14-32-15-13-29)28-23(20)19-7-3-4-8-21(19)26/h3-5,7-9,16-17H,2,6,10-15H2,1H3. The van der Waals surface area contributed by atoms with Gasteiger partial charge in [0.05, 0.1) is 24.5 Å². The number of halogens is 1. The predicted molar refractivity (Wildman–Crippen MR) is 121 cm³/mol. The molecule has 0 N–H and O–H groups in total. The molecule has 5 rings (SSSR count). The maximum atomic E-state index is 14.8. The van der Waals surface area contributed by atoms with Crippen molar-refractivity contribution in [2.24, 2.45) is 0 Å². The van der Waals surface area contributed by atoms with Gasteiger partial charge in [-0.25, -0.2) is 14.4 Å². The van der Waals surface area contributed by atoms with E-state index < -0.39 is 5.82 Å². The number of nitrogens with zero attached hydrogens (tertiary/aromatic N) is 4. The van der Waals surface area contributed by atoms with Crippen molar-refractivity contribution in [1.82, 2.24) is 14.9 Å². The molecule has 6 nitrogen and oxygen atoms in total. The summed E-state index contributed by atoms with van der Waals surface area (Å²) >= 11 is 0. The number of carbonyl (C=O) groups excluding carboxylic acids is 1. The van der Waals surface area contributed by atoms with Crippen LogP contribution in [0, 0.1) is 5.82 Å². The Labute approximate surface area is 187 Å². The van der Waals surface area contributed by atoms with Crippen LogP contribution < -0.4 is 4.90 Å². The third-order valence-electron chi connectivity index (χ3n) is 6.46. The van der Waals surface area contributed by atoms with E-state index >= 15 is 0 Å². The molecule has 32 heavy (non-hydrogen) atoms. The number of benzene rings is 1. The van der Waals surface area contributed by atoms with Gasteiger partial charge in [-0.2, -0.15) is 0 Å². The first-order valence-electron chi connectivity index (χ1n) is 11.3. The molecule has 1 fully saturated rings. The number of ether oxygens (including phenoxy) is 1. The van der Waals surface area contributed by atoms with E-state index in [0.29, 0.717) is 49.1 Å². The van der Waals surface area contributed by atoms with Crippen molar-refractivity contribution in [2.45, 2.75) is 38.6 Å². The Hall–Kier alpha value is -3.06. The fraction of sp³-hybridized carbons (Fsp3) is 0.400. The Kier molecular flexibility index (Phi) is 5.74. The van der Waals surface area contributed by atoms with E-state index in [-0.39, 0.29) is 11.9 Å². The molecule has 0 spiro atoms. The van der Waals surface area contributed by atoms with Gasteiger partial charge in [-0.05, 0) is 56.4 Å². The molecule has 7 heteroatoms. The fourth-order valence-electron chi connectivity index (χ4n) is 4.69. The summed E-state index contributed by atoms with van der Waals surface area (Å²) in [6.07, 6.45) is 9.65. The SMILES string of the molecule is CC1CCC2=C(C=CCC2)N1C(=O)c1cnc(N2CCOCC2)nc1-c1ccccc1F. The van der Waals surface area contributed by atoms with Crippen molar-refractivity contribution >= 4 is 11.9 Å². The smallest absolute Gasteiger partial charge is 0.262 e. The maximum absolute atomic E-state index is 14.8. The molecule has 1 atom stereocenters. The summed E-state index contributed by atoms with van der Waals surface area (Å²) in [7, 11) is 0. The second-order valence-corrected chi connectivity index (χ2v) is 8.50. The lowest BCUT2D eigenvalue weighted by molar-refractivity contribution is 0.0741. The minimum absolute atomic E-state index is 0.0522. The van der Waals surface area contributed by atoms with Crippen LogP contribution in [0.15, 0.2) is 53.9 Å². The number of allylic oxidation sites excluding steroid dienone is 3. The number of hydrogen-bond donors (Lipinski definition) is 0. The van der Waals surface area contributed by atoms with E-state index in [1.807, 2.05) is 9.80 Å². The van der Waals surface area contributed by atoms with Gasteiger partial charge in [0.25, 0.3) is 5.91 Å². The Morgan fingerprint density at radius 1 is 1.19 bits per heavy atom. The topological polar surface area (TPSA) is 58.6 Å². The van der Waals surface area contributed by atoms with Crippen molar-refractivity contribution in [1.29, 1.82) is 0 Å². The fourth-order valence-corrected chi connectivity index (χ4v) is 4.69. The van der Waals surface area contributed by atoms with Gasteiger partial charge in [0.2, 0.25) is 5.95 Å². The van der Waals surface area contributed by atoms with Crippen molar-refractivity contribution in [3.63, 3.8) is 0 Å². The van der Waals surface area contributed by atoms with E-state index in [1.54, 1.807) is 24.4 Å². The van der Waals surface area contributed by atoms with Crippen LogP contribution in [0.1, 0.15) is 43.0 Å². The molecule has 0 radical (unpaired) electrons. The monoisotopic (exact) mass is 434 g/mol. The highest BCUT2D eigenvalue weighted by Crippen LogP contribution is 2.36. The second kappa shape index (κ2) is 8.82. The number of hydrogen-bond acceptors (Lipinski definition) is 5. The first-order chi connectivity index (χ1) is 15.6. The van der Waals surface area contributed by atoms with Crippen molar-refractivity contribution < 1.29 is 13.9 Å². The van der Waals surface area contributed by atoms with Crippen LogP contribution in [-0.4, -0.2) is 53.1 Å². The molecule has 2 aromatic rings. The summed E-state index contributed by atoms with van der Waals surface area (Å²) in [5, 5.41) is 0. The molecular formula is C25H27FN4O2. The van der Waals surface area contributed by atoms with E-state index in [0.717, 1.165) is 31.4 Å². The molecule has 1 unspecified atom stereocenters. The molecule has 0 saturated carbocycles. The Bertz CT molecular complexity index is 1090. The van der Waals surface area contributed by atoms with E-state index in [9.17, 15) is 9.18 Å². The number of morpholine rings is 1. The van der Waals surface area contributed by atoms with Crippen molar-refractivity contribution in [3.8, 4) is 11.3 Å². The highest BCUT2D eigenvalue weighted by atomic mass is 19.1. The highest BCUT2D eigenvalue weighted by Gasteiger charge is 2.33. The molecule has 1 amide bonds. The van der Waals surface area contributed by atoms with E-state index in [4.69, 9.17) is 9.72 Å². The lowest BCUT2D eigenvalue weighted by Crippen LogP contribution is -2.41. The number of rotatable bonds is 3. The van der Waals surface area contributed by atoms with Crippen LogP contribution in [0.2, 0.25) is 0 Å². The van der Waals surface area contributed by atoms with Gasteiger partial charge >= 0.3 is 0 Å². The molecule has 2 aliphatic heterocycles. The van der Waals surface area contributed by atoms with Gasteiger partial charge in [-0.3, -0.25) is 4.79 Å². The Morgan fingerprint density at radius 3 is 2.81 bits per heavy atom. The average Bonchev–Trinajstić information content (AvgIpc) is 2.84. The summed E-state index contributed by atoms with van der Waals surface area (Å²) in [6, 6.07) is 6.52. The zero-order valence-corrected chi connectivity index (χ0v) is 18.3. The van der Waals surface area contributed by atoms with Crippen LogP contribution in [0.3, 0.4) is 0 Å². The van der Waals surface area contributed by atoms with Gasteiger partial charge in [0, 0.05) is 36.6 Å². The Balaban J connectivity index is 1.60. The number of anilines is 1. The maximum Gasteiger partial charge on any atom is 0.262 e. The summed E-state index contributed by atoms with van der Waals surface area (Å²) in [5.74, 6) is -0.0902. The molecule has 3 heterocycles. The molecule has 1 aromatic heterocycles. The number of carbonyl (C=O) groups is 1. The third kappa shape index (κ3) is 3.81. The molecule has 166 valence electrons. The number of amides is 1. The van der Waals surface area contributed by atoms with Gasteiger partial charge in [-0.1, -0.05) is 18.2 Å². The van der Waals surface area contributed by atoms with Crippen LogP contribution in [-0.2, 0) is 4.74 Å². The minimum atomic E-state index is -0.405. The first kappa shape index (κ1) is 20.8. The number of aromatic nitrogens is 2. The zero-order valence-electron chi connectivity index (χ0n) is 18.3. The quantitative estimate of drug-likeness (QED) is 0.719. The highest BCUT2D eigenvalue weighted by molar-refractivity contribution is 6.01. The van der Waals surface area contributed by atoms with Gasteiger partial charge in [0.15, 0.2) is 0 Å². The van der Waals surface area contributed by atoms with Crippen LogP contribution in [0.4, 0.5) is 10.3 Å². The summed E-state index contributed by atoms with van der Waals surface area (Å²) < 4.78 is 20.3. The Morgan fingerprint density at radius 2 is 2.00 bits per heavy atom. The second-order valence-electron chi connectivity index (χ2n) is 8.50. The van der Waals surface area contributed by atoms with Crippen LogP contribution >= 0.6 is 0 Å². The molecule has 1 aromatic carbocycles.